The van der Waals surface area contributed by atoms with Crippen LogP contribution in [0.4, 0.5) is 19.0 Å². The smallest absolute Gasteiger partial charge is 0.410 e. The molecule has 0 fully saturated rings. The molecule has 12 heteroatoms. The van der Waals surface area contributed by atoms with E-state index in [1.165, 1.54) is 7.11 Å². The number of thiocarbonyl (C=S) groups is 1. The Bertz CT molecular complexity index is 1180. The fourth-order valence-corrected chi connectivity index (χ4v) is 3.91. The maximum absolute atomic E-state index is 13.9. The van der Waals surface area contributed by atoms with Crippen LogP contribution in [-0.4, -0.2) is 34.1 Å². The van der Waals surface area contributed by atoms with E-state index in [2.05, 4.69) is 26.6 Å². The summed E-state index contributed by atoms with van der Waals surface area (Å²) < 4.78 is 47.5. The van der Waals surface area contributed by atoms with E-state index in [1.807, 2.05) is 30.3 Å². The summed E-state index contributed by atoms with van der Waals surface area (Å²) in [4.78, 5) is 12.8. The van der Waals surface area contributed by atoms with Gasteiger partial charge in [0.25, 0.3) is 5.91 Å². The number of hydrazine groups is 1. The van der Waals surface area contributed by atoms with E-state index in [0.29, 0.717) is 17.9 Å². The molecule has 0 spiro atoms. The number of alkyl halides is 3. The highest BCUT2D eigenvalue weighted by atomic mass is 32.1. The third-order valence-corrected chi connectivity index (χ3v) is 5.83. The van der Waals surface area contributed by atoms with Gasteiger partial charge in [-0.25, -0.2) is 4.68 Å². The molecule has 0 saturated heterocycles. The molecule has 2 heterocycles. The van der Waals surface area contributed by atoms with Crippen LogP contribution in [0.3, 0.4) is 0 Å². The fraction of sp³-hybridized carbons (Fsp3) is 0.261. The van der Waals surface area contributed by atoms with Gasteiger partial charge in [0.1, 0.15) is 17.1 Å². The minimum atomic E-state index is -4.55. The van der Waals surface area contributed by atoms with E-state index in [-0.39, 0.29) is 22.9 Å². The molecule has 0 unspecified atom stereocenters. The molecule has 0 radical (unpaired) electrons. The molecular weight excluding hydrogens is 481 g/mol. The van der Waals surface area contributed by atoms with E-state index in [4.69, 9.17) is 17.0 Å². The zero-order chi connectivity index (χ0) is 25.0. The lowest BCUT2D eigenvalue weighted by molar-refractivity contribution is -0.173. The van der Waals surface area contributed by atoms with E-state index in [1.54, 1.807) is 24.3 Å². The minimum Gasteiger partial charge on any atom is -0.497 e. The Balaban J connectivity index is 1.47. The number of nitrogens with one attached hydrogen (secondary N) is 4. The van der Waals surface area contributed by atoms with Crippen molar-refractivity contribution >= 4 is 29.1 Å². The Morgan fingerprint density at radius 1 is 1.17 bits per heavy atom. The Kier molecular flexibility index (Phi) is 7.10. The van der Waals surface area contributed by atoms with Crippen molar-refractivity contribution in [2.45, 2.75) is 31.2 Å². The van der Waals surface area contributed by atoms with Crippen LogP contribution < -0.4 is 26.2 Å². The number of anilines is 1. The molecule has 0 saturated carbocycles. The number of hydrogen-bond donors (Lipinski definition) is 4. The predicted molar refractivity (Wildman–Crippen MR) is 128 cm³/mol. The molecule has 2 aromatic carbocycles. The third kappa shape index (κ3) is 5.65. The van der Waals surface area contributed by atoms with Gasteiger partial charge < -0.3 is 15.4 Å². The van der Waals surface area contributed by atoms with E-state index in [9.17, 15) is 18.0 Å². The van der Waals surface area contributed by atoms with Gasteiger partial charge in [-0.15, -0.1) is 0 Å². The Hall–Kier alpha value is -3.80. The number of benzene rings is 2. The molecule has 1 aliphatic rings. The number of ether oxygens (including phenoxy) is 1. The molecule has 3 aromatic rings. The first-order valence-corrected chi connectivity index (χ1v) is 11.1. The molecule has 1 aliphatic heterocycles. The number of amides is 1. The van der Waals surface area contributed by atoms with Gasteiger partial charge in [-0.3, -0.25) is 15.6 Å². The Labute approximate surface area is 204 Å². The average Bonchev–Trinajstić information content (AvgIpc) is 3.29. The van der Waals surface area contributed by atoms with Crippen molar-refractivity contribution in [3.63, 3.8) is 0 Å². The summed E-state index contributed by atoms with van der Waals surface area (Å²) in [5, 5.41) is 9.99. The van der Waals surface area contributed by atoms with Gasteiger partial charge in [0, 0.05) is 13.0 Å². The number of rotatable bonds is 5. The maximum atomic E-state index is 13.9. The largest absolute Gasteiger partial charge is 0.497 e. The summed E-state index contributed by atoms with van der Waals surface area (Å²) in [6, 6.07) is 13.6. The molecule has 4 rings (SSSR count). The van der Waals surface area contributed by atoms with Crippen LogP contribution in [0.5, 0.6) is 5.75 Å². The lowest BCUT2D eigenvalue weighted by Crippen LogP contribution is -2.46. The number of fused-ring (bicyclic) bond motifs is 1. The van der Waals surface area contributed by atoms with E-state index in [0.717, 1.165) is 16.4 Å². The molecule has 184 valence electrons. The summed E-state index contributed by atoms with van der Waals surface area (Å²) in [6.45, 7) is 0.435. The number of nitrogens with zero attached hydrogens (tertiary/aromatic N) is 2. The zero-order valence-corrected chi connectivity index (χ0v) is 19.4. The molecule has 1 aromatic heterocycles. The summed E-state index contributed by atoms with van der Waals surface area (Å²) in [5.74, 6) is -0.120. The van der Waals surface area contributed by atoms with Crippen LogP contribution in [0.15, 0.2) is 60.8 Å². The van der Waals surface area contributed by atoms with Crippen molar-refractivity contribution in [1.82, 2.24) is 25.9 Å². The molecular formula is C23H23F3N6O2S. The number of carbonyl (C=O) groups is 1. The minimum absolute atomic E-state index is 0.0261. The van der Waals surface area contributed by atoms with Gasteiger partial charge in [-0.1, -0.05) is 42.5 Å². The summed E-state index contributed by atoms with van der Waals surface area (Å²) >= 11 is 5.16. The highest BCUT2D eigenvalue weighted by Gasteiger charge is 2.47. The van der Waals surface area contributed by atoms with Gasteiger partial charge in [0.15, 0.2) is 11.2 Å². The molecule has 1 amide bonds. The van der Waals surface area contributed by atoms with Crippen molar-refractivity contribution in [3.8, 4) is 5.75 Å². The van der Waals surface area contributed by atoms with Crippen molar-refractivity contribution in [3.05, 3.63) is 77.5 Å². The average molecular weight is 505 g/mol. The molecule has 8 nitrogen and oxygen atoms in total. The lowest BCUT2D eigenvalue weighted by Gasteiger charge is -2.34. The number of halogens is 3. The molecule has 0 bridgehead atoms. The van der Waals surface area contributed by atoms with Crippen LogP contribution in [-0.2, 0) is 6.54 Å². The second kappa shape index (κ2) is 10.2. The first-order valence-electron chi connectivity index (χ1n) is 10.7. The van der Waals surface area contributed by atoms with Crippen LogP contribution in [0.1, 0.15) is 40.0 Å². The monoisotopic (exact) mass is 504 g/mol. The van der Waals surface area contributed by atoms with Gasteiger partial charge in [-0.2, -0.15) is 18.3 Å². The molecule has 4 N–H and O–H groups in total. The second-order valence-corrected chi connectivity index (χ2v) is 8.27. The van der Waals surface area contributed by atoms with Crippen molar-refractivity contribution in [2.75, 3.05) is 12.4 Å². The van der Waals surface area contributed by atoms with Gasteiger partial charge >= 0.3 is 6.18 Å². The molecule has 2 atom stereocenters. The van der Waals surface area contributed by atoms with Crippen molar-refractivity contribution < 1.29 is 22.7 Å². The normalized spacial score (nSPS) is 17.0. The molecule has 35 heavy (non-hydrogen) atoms. The zero-order valence-electron chi connectivity index (χ0n) is 18.6. The second-order valence-electron chi connectivity index (χ2n) is 7.86. The Morgan fingerprint density at radius 2 is 1.89 bits per heavy atom. The third-order valence-electron chi connectivity index (χ3n) is 5.59. The number of methoxy groups -OCH3 is 1. The highest BCUT2D eigenvalue weighted by molar-refractivity contribution is 7.80. The van der Waals surface area contributed by atoms with Crippen molar-refractivity contribution in [1.29, 1.82) is 0 Å². The number of hydrogen-bond acceptors (Lipinski definition) is 5. The number of aromatic nitrogens is 2. The summed E-state index contributed by atoms with van der Waals surface area (Å²) in [6.07, 6.45) is -3.73. The molecule has 0 aliphatic carbocycles. The van der Waals surface area contributed by atoms with Crippen LogP contribution in [0.2, 0.25) is 0 Å². The van der Waals surface area contributed by atoms with Crippen LogP contribution in [0, 0.1) is 0 Å². The first kappa shape index (κ1) is 24.3. The van der Waals surface area contributed by atoms with E-state index < -0.39 is 24.2 Å². The lowest BCUT2D eigenvalue weighted by atomic mass is 9.96. The fourth-order valence-electron chi connectivity index (χ4n) is 3.79. The van der Waals surface area contributed by atoms with E-state index >= 15 is 0 Å². The van der Waals surface area contributed by atoms with Crippen LogP contribution >= 0.6 is 12.2 Å². The maximum Gasteiger partial charge on any atom is 0.410 e. The quantitative estimate of drug-likeness (QED) is 0.310. The summed E-state index contributed by atoms with van der Waals surface area (Å²) in [7, 11) is 1.51. The van der Waals surface area contributed by atoms with Gasteiger partial charge in [0.2, 0.25) is 0 Å². The van der Waals surface area contributed by atoms with Crippen LogP contribution in [0.25, 0.3) is 0 Å². The summed E-state index contributed by atoms with van der Waals surface area (Å²) in [5.41, 5.74) is 6.54. The predicted octanol–water partition coefficient (Wildman–Crippen LogP) is 3.86. The highest BCUT2D eigenvalue weighted by Crippen LogP contribution is 2.44. The van der Waals surface area contributed by atoms with Crippen molar-refractivity contribution in [2.24, 2.45) is 0 Å². The van der Waals surface area contributed by atoms with Gasteiger partial charge in [0.05, 0.1) is 19.3 Å². The SMILES string of the molecule is COc1ccc([C@@H]2C[C@H](C(F)(F)F)n3ncc(C(=O)NNC(=S)NCc4ccccc4)c3N2)cc1. The van der Waals surface area contributed by atoms with Gasteiger partial charge in [-0.05, 0) is 35.5 Å². The Morgan fingerprint density at radius 3 is 2.54 bits per heavy atom. The topological polar surface area (TPSA) is 92.2 Å². The number of carbonyl (C=O) groups excluding carboxylic acids is 1. The standard InChI is InChI=1S/C23H23F3N6O2S/c1-34-16-9-7-15(8-10-16)18-11-19(23(24,25)26)32-20(29-18)17(13-28-32)21(33)30-31-22(35)27-12-14-5-3-2-4-6-14/h2-10,13,18-19,29H,11-12H2,1H3,(H,30,33)(H2,27,31,35)/t18-,19+/m0/s1. The first-order chi connectivity index (χ1) is 16.8.